The first-order valence-electron chi connectivity index (χ1n) is 8.49. The maximum atomic E-state index is 11.7. The molecule has 0 radical (unpaired) electrons. The zero-order chi connectivity index (χ0) is 16.4. The molecule has 1 aromatic carbocycles. The van der Waals surface area contributed by atoms with E-state index in [-0.39, 0.29) is 11.9 Å². The molecule has 124 valence electrons. The van der Waals surface area contributed by atoms with Gasteiger partial charge >= 0.3 is 5.97 Å². The van der Waals surface area contributed by atoms with Crippen molar-refractivity contribution in [3.8, 4) is 0 Å². The van der Waals surface area contributed by atoms with Crippen molar-refractivity contribution in [3.63, 3.8) is 0 Å². The van der Waals surface area contributed by atoms with Crippen LogP contribution >= 0.6 is 0 Å². The number of hydrogen-bond donors (Lipinski definition) is 0. The van der Waals surface area contributed by atoms with Crippen molar-refractivity contribution in [3.05, 3.63) is 41.5 Å². The first-order chi connectivity index (χ1) is 11.1. The van der Waals surface area contributed by atoms with Crippen LogP contribution < -0.4 is 0 Å². The van der Waals surface area contributed by atoms with Crippen molar-refractivity contribution in [2.75, 3.05) is 26.3 Å². The Morgan fingerprint density at radius 1 is 1.26 bits per heavy atom. The van der Waals surface area contributed by atoms with Crippen LogP contribution in [0, 0.1) is 5.92 Å². The zero-order valence-electron chi connectivity index (χ0n) is 14.0. The molecule has 0 N–H and O–H groups in total. The second kappa shape index (κ2) is 6.75. The average Bonchev–Trinajstić information content (AvgIpc) is 2.89. The maximum Gasteiger partial charge on any atom is 0.311 e. The topological polar surface area (TPSA) is 38.8 Å². The Bertz CT molecular complexity index is 605. The number of carbonyl (C=O) groups excluding carboxylic acids is 1. The highest BCUT2D eigenvalue weighted by molar-refractivity contribution is 5.74. The Morgan fingerprint density at radius 2 is 2.00 bits per heavy atom. The molecule has 1 aromatic rings. The van der Waals surface area contributed by atoms with Crippen molar-refractivity contribution in [2.24, 2.45) is 5.92 Å². The van der Waals surface area contributed by atoms with E-state index in [2.05, 4.69) is 29.7 Å². The second-order valence-corrected chi connectivity index (χ2v) is 6.23. The molecule has 1 saturated heterocycles. The van der Waals surface area contributed by atoms with Crippen molar-refractivity contribution in [1.29, 1.82) is 0 Å². The van der Waals surface area contributed by atoms with Gasteiger partial charge < -0.3 is 9.47 Å². The summed E-state index contributed by atoms with van der Waals surface area (Å²) < 4.78 is 10.6. The van der Waals surface area contributed by atoms with Gasteiger partial charge in [0, 0.05) is 24.7 Å². The maximum absolute atomic E-state index is 11.7. The third kappa shape index (κ3) is 3.13. The molecule has 0 amide bonds. The lowest BCUT2D eigenvalue weighted by Gasteiger charge is -2.42. The minimum Gasteiger partial charge on any atom is -0.494 e. The molecule has 1 aliphatic carbocycles. The summed E-state index contributed by atoms with van der Waals surface area (Å²) in [7, 11) is 0. The molecule has 2 aliphatic rings. The number of benzene rings is 1. The SMILES string of the molecule is C=C(OCC)c1ccc2c(c1)CCC2N1CC(C(=O)OCC)C1. The summed E-state index contributed by atoms with van der Waals surface area (Å²) in [6, 6.07) is 6.93. The van der Waals surface area contributed by atoms with Gasteiger partial charge in [-0.25, -0.2) is 0 Å². The number of rotatable bonds is 6. The van der Waals surface area contributed by atoms with Gasteiger partial charge in [-0.15, -0.1) is 0 Å². The molecule has 4 heteroatoms. The molecular formula is C19H25NO3. The molecule has 1 fully saturated rings. The lowest BCUT2D eigenvalue weighted by molar-refractivity contribution is -0.155. The largest absolute Gasteiger partial charge is 0.494 e. The van der Waals surface area contributed by atoms with Crippen molar-refractivity contribution >= 4 is 11.7 Å². The molecule has 0 bridgehead atoms. The van der Waals surface area contributed by atoms with Gasteiger partial charge in [0.2, 0.25) is 0 Å². The van der Waals surface area contributed by atoms with E-state index in [0.717, 1.165) is 37.3 Å². The van der Waals surface area contributed by atoms with Gasteiger partial charge in [-0.3, -0.25) is 9.69 Å². The van der Waals surface area contributed by atoms with Gasteiger partial charge in [-0.2, -0.15) is 0 Å². The highest BCUT2D eigenvalue weighted by Gasteiger charge is 2.40. The lowest BCUT2D eigenvalue weighted by Crippen LogP contribution is -2.51. The molecule has 0 aromatic heterocycles. The molecular weight excluding hydrogens is 290 g/mol. The zero-order valence-corrected chi connectivity index (χ0v) is 14.0. The summed E-state index contributed by atoms with van der Waals surface area (Å²) in [6.07, 6.45) is 2.20. The van der Waals surface area contributed by atoms with Crippen LogP contribution in [0.4, 0.5) is 0 Å². The summed E-state index contributed by atoms with van der Waals surface area (Å²) in [6.45, 7) is 10.5. The quantitative estimate of drug-likeness (QED) is 0.597. The van der Waals surface area contributed by atoms with Crippen molar-refractivity contribution in [1.82, 2.24) is 4.90 Å². The fourth-order valence-corrected chi connectivity index (χ4v) is 3.58. The number of nitrogens with zero attached hydrogens (tertiary/aromatic N) is 1. The molecule has 23 heavy (non-hydrogen) atoms. The molecule has 1 atom stereocenters. The molecule has 3 rings (SSSR count). The first kappa shape index (κ1) is 16.1. The van der Waals surface area contributed by atoms with Gasteiger partial charge in [0.1, 0.15) is 5.76 Å². The van der Waals surface area contributed by atoms with Crippen LogP contribution in [0.25, 0.3) is 5.76 Å². The first-order valence-corrected chi connectivity index (χ1v) is 8.49. The highest BCUT2D eigenvalue weighted by atomic mass is 16.5. The van der Waals surface area contributed by atoms with Crippen LogP contribution in [0.3, 0.4) is 0 Å². The predicted octanol–water partition coefficient (Wildman–Crippen LogP) is 3.18. The van der Waals surface area contributed by atoms with E-state index >= 15 is 0 Å². The molecule has 1 heterocycles. The summed E-state index contributed by atoms with van der Waals surface area (Å²) in [5, 5.41) is 0. The predicted molar refractivity (Wildman–Crippen MR) is 89.9 cm³/mol. The van der Waals surface area contributed by atoms with Gasteiger partial charge in [0.05, 0.1) is 19.1 Å². The van der Waals surface area contributed by atoms with Crippen molar-refractivity contribution in [2.45, 2.75) is 32.7 Å². The van der Waals surface area contributed by atoms with Gasteiger partial charge in [0.15, 0.2) is 0 Å². The monoisotopic (exact) mass is 315 g/mol. The third-order valence-corrected chi connectivity index (χ3v) is 4.80. The summed E-state index contributed by atoms with van der Waals surface area (Å²) >= 11 is 0. The number of esters is 1. The number of aryl methyl sites for hydroxylation is 1. The number of hydrogen-bond acceptors (Lipinski definition) is 4. The smallest absolute Gasteiger partial charge is 0.311 e. The Morgan fingerprint density at radius 3 is 2.70 bits per heavy atom. The van der Waals surface area contributed by atoms with Gasteiger partial charge in [0.25, 0.3) is 0 Å². The van der Waals surface area contributed by atoms with Crippen LogP contribution in [-0.2, 0) is 20.7 Å². The van der Waals surface area contributed by atoms with Crippen molar-refractivity contribution < 1.29 is 14.3 Å². The summed E-state index contributed by atoms with van der Waals surface area (Å²) in [5.74, 6) is 0.742. The van der Waals surface area contributed by atoms with E-state index in [1.165, 1.54) is 11.1 Å². The normalized spacial score (nSPS) is 20.7. The van der Waals surface area contributed by atoms with Crippen LogP contribution in [-0.4, -0.2) is 37.2 Å². The minimum absolute atomic E-state index is 0.0506. The molecule has 1 aliphatic heterocycles. The van der Waals surface area contributed by atoms with Crippen LogP contribution in [0.15, 0.2) is 24.8 Å². The van der Waals surface area contributed by atoms with E-state index in [1.807, 2.05) is 13.8 Å². The average molecular weight is 315 g/mol. The van der Waals surface area contributed by atoms with E-state index in [9.17, 15) is 4.79 Å². The number of ether oxygens (including phenoxy) is 2. The molecule has 1 unspecified atom stereocenters. The molecule has 4 nitrogen and oxygen atoms in total. The lowest BCUT2D eigenvalue weighted by atomic mass is 9.95. The molecule has 0 spiro atoms. The Balaban J connectivity index is 1.64. The highest BCUT2D eigenvalue weighted by Crippen LogP contribution is 2.40. The van der Waals surface area contributed by atoms with Gasteiger partial charge in [-0.1, -0.05) is 18.7 Å². The second-order valence-electron chi connectivity index (χ2n) is 6.23. The minimum atomic E-state index is -0.0506. The van der Waals surface area contributed by atoms with Gasteiger partial charge in [-0.05, 0) is 43.9 Å². The third-order valence-electron chi connectivity index (χ3n) is 4.80. The van der Waals surface area contributed by atoms with Crippen LogP contribution in [0.2, 0.25) is 0 Å². The fourth-order valence-electron chi connectivity index (χ4n) is 3.58. The Labute approximate surface area is 138 Å². The van der Waals surface area contributed by atoms with E-state index in [1.54, 1.807) is 0 Å². The molecule has 0 saturated carbocycles. The summed E-state index contributed by atoms with van der Waals surface area (Å²) in [4.78, 5) is 14.1. The Kier molecular flexibility index (Phi) is 4.71. The number of fused-ring (bicyclic) bond motifs is 1. The van der Waals surface area contributed by atoms with E-state index < -0.39 is 0 Å². The Hall–Kier alpha value is -1.81. The standard InChI is InChI=1S/C19H25NO3/c1-4-22-13(3)14-6-8-17-15(10-14)7-9-18(17)20-11-16(12-20)19(21)23-5-2/h6,8,10,16,18H,3-5,7,9,11-12H2,1-2H3. The number of likely N-dealkylation sites (tertiary alicyclic amines) is 1. The fraction of sp³-hybridized carbons (Fsp3) is 0.526. The van der Waals surface area contributed by atoms with E-state index in [4.69, 9.17) is 9.47 Å². The van der Waals surface area contributed by atoms with Crippen LogP contribution in [0.1, 0.15) is 43.0 Å². The number of carbonyl (C=O) groups is 1. The van der Waals surface area contributed by atoms with E-state index in [0.29, 0.717) is 19.3 Å². The van der Waals surface area contributed by atoms with Crippen LogP contribution in [0.5, 0.6) is 0 Å². The summed E-state index contributed by atoms with van der Waals surface area (Å²) in [5.41, 5.74) is 3.84.